The normalized spacial score (nSPS) is 19.6. The smallest absolute Gasteiger partial charge is 0.317 e. The summed E-state index contributed by atoms with van der Waals surface area (Å²) in [5.74, 6) is -0.411. The van der Waals surface area contributed by atoms with Crippen LogP contribution in [0.4, 0.5) is 4.79 Å². The van der Waals surface area contributed by atoms with Crippen molar-refractivity contribution in [2.45, 2.75) is 45.4 Å². The van der Waals surface area contributed by atoms with Crippen molar-refractivity contribution in [1.29, 1.82) is 0 Å². The van der Waals surface area contributed by atoms with Gasteiger partial charge in [0.1, 0.15) is 0 Å². The highest BCUT2D eigenvalue weighted by atomic mass is 16.4. The number of nitrogens with zero attached hydrogens (tertiary/aromatic N) is 1. The summed E-state index contributed by atoms with van der Waals surface area (Å²) in [7, 11) is 0. The Morgan fingerprint density at radius 2 is 2.22 bits per heavy atom. The zero-order chi connectivity index (χ0) is 13.4. The van der Waals surface area contributed by atoms with Crippen LogP contribution in [0.1, 0.15) is 45.4 Å². The molecule has 2 amide bonds. The number of hydrogen-bond donors (Lipinski definition) is 2. The number of carbonyl (C=O) groups is 2. The Balaban J connectivity index is 2.28. The predicted octanol–water partition coefficient (Wildman–Crippen LogP) is 2.07. The molecule has 0 bridgehead atoms. The Kier molecular flexibility index (Phi) is 6.54. The van der Waals surface area contributed by atoms with Crippen LogP contribution in [0.25, 0.3) is 0 Å². The molecule has 5 nitrogen and oxygen atoms in total. The molecule has 104 valence electrons. The number of carboxylic acid groups (broad SMARTS) is 1. The number of urea groups is 1. The third-order valence-corrected chi connectivity index (χ3v) is 3.38. The molecule has 1 rings (SSSR count). The molecule has 1 saturated heterocycles. The number of carboxylic acids is 1. The molecule has 2 N–H and O–H groups in total. The average Bonchev–Trinajstić information content (AvgIpc) is 2.37. The van der Waals surface area contributed by atoms with Gasteiger partial charge in [0.05, 0.1) is 0 Å². The van der Waals surface area contributed by atoms with Crippen LogP contribution in [0.15, 0.2) is 0 Å². The van der Waals surface area contributed by atoms with E-state index >= 15 is 0 Å². The topological polar surface area (TPSA) is 69.6 Å². The molecular formula is C13H24N2O3. The second-order valence-corrected chi connectivity index (χ2v) is 4.97. The quantitative estimate of drug-likeness (QED) is 0.715. The van der Waals surface area contributed by atoms with Gasteiger partial charge in [0.25, 0.3) is 0 Å². The van der Waals surface area contributed by atoms with Crippen LogP contribution in [0.3, 0.4) is 0 Å². The van der Waals surface area contributed by atoms with Crippen molar-refractivity contribution in [3.63, 3.8) is 0 Å². The number of carbonyl (C=O) groups excluding carboxylic acids is 1. The van der Waals surface area contributed by atoms with Crippen molar-refractivity contribution in [3.05, 3.63) is 0 Å². The van der Waals surface area contributed by atoms with Gasteiger partial charge >= 0.3 is 12.0 Å². The van der Waals surface area contributed by atoms with Crippen LogP contribution < -0.4 is 5.32 Å². The lowest BCUT2D eigenvalue weighted by molar-refractivity contribution is -0.137. The SMILES string of the molecule is CCCCNC(=O)N1CCCC(CCC(=O)O)C1. The molecule has 1 unspecified atom stereocenters. The molecular weight excluding hydrogens is 232 g/mol. The highest BCUT2D eigenvalue weighted by Gasteiger charge is 2.23. The molecule has 18 heavy (non-hydrogen) atoms. The number of piperidine rings is 1. The predicted molar refractivity (Wildman–Crippen MR) is 69.5 cm³/mol. The van der Waals surface area contributed by atoms with E-state index in [-0.39, 0.29) is 12.5 Å². The fourth-order valence-electron chi connectivity index (χ4n) is 2.30. The summed E-state index contributed by atoms with van der Waals surface area (Å²) in [5, 5.41) is 11.6. The monoisotopic (exact) mass is 256 g/mol. The molecule has 0 saturated carbocycles. The van der Waals surface area contributed by atoms with Gasteiger partial charge in [0, 0.05) is 26.1 Å². The second kappa shape index (κ2) is 7.95. The molecule has 0 aromatic rings. The van der Waals surface area contributed by atoms with Crippen molar-refractivity contribution in [3.8, 4) is 0 Å². The van der Waals surface area contributed by atoms with E-state index in [0.29, 0.717) is 18.9 Å². The summed E-state index contributed by atoms with van der Waals surface area (Å²) >= 11 is 0. The first-order chi connectivity index (χ1) is 8.63. The first kappa shape index (κ1) is 14.8. The summed E-state index contributed by atoms with van der Waals surface area (Å²) in [5.41, 5.74) is 0. The third kappa shape index (κ3) is 5.38. The Morgan fingerprint density at radius 1 is 1.44 bits per heavy atom. The van der Waals surface area contributed by atoms with Crippen molar-refractivity contribution >= 4 is 12.0 Å². The van der Waals surface area contributed by atoms with Gasteiger partial charge in [-0.25, -0.2) is 4.79 Å². The Labute approximate surface area is 109 Å². The van der Waals surface area contributed by atoms with Crippen LogP contribution in [0.5, 0.6) is 0 Å². The maximum absolute atomic E-state index is 11.9. The maximum Gasteiger partial charge on any atom is 0.317 e. The zero-order valence-corrected chi connectivity index (χ0v) is 11.2. The molecule has 1 aliphatic heterocycles. The lowest BCUT2D eigenvalue weighted by atomic mass is 9.93. The van der Waals surface area contributed by atoms with Crippen molar-refractivity contribution in [1.82, 2.24) is 10.2 Å². The van der Waals surface area contributed by atoms with Crippen molar-refractivity contribution in [2.75, 3.05) is 19.6 Å². The molecule has 1 fully saturated rings. The van der Waals surface area contributed by atoms with Gasteiger partial charge in [0.2, 0.25) is 0 Å². The molecule has 0 aliphatic carbocycles. The molecule has 0 aromatic carbocycles. The molecule has 1 aliphatic rings. The first-order valence-electron chi connectivity index (χ1n) is 6.88. The Morgan fingerprint density at radius 3 is 2.89 bits per heavy atom. The minimum Gasteiger partial charge on any atom is -0.481 e. The maximum atomic E-state index is 11.9. The lowest BCUT2D eigenvalue weighted by Crippen LogP contribution is -2.45. The van der Waals surface area contributed by atoms with Crippen LogP contribution in [-0.2, 0) is 4.79 Å². The average molecular weight is 256 g/mol. The molecule has 0 radical (unpaired) electrons. The fourth-order valence-corrected chi connectivity index (χ4v) is 2.30. The van der Waals surface area contributed by atoms with E-state index in [4.69, 9.17) is 5.11 Å². The fraction of sp³-hybridized carbons (Fsp3) is 0.846. The number of likely N-dealkylation sites (tertiary alicyclic amines) is 1. The summed E-state index contributed by atoms with van der Waals surface area (Å²) in [4.78, 5) is 24.2. The van der Waals surface area contributed by atoms with E-state index in [0.717, 1.165) is 38.8 Å². The number of rotatable bonds is 6. The van der Waals surface area contributed by atoms with Gasteiger partial charge in [-0.1, -0.05) is 13.3 Å². The zero-order valence-electron chi connectivity index (χ0n) is 11.2. The Bertz CT molecular complexity index is 281. The molecule has 0 aromatic heterocycles. The summed E-state index contributed by atoms with van der Waals surface area (Å²) in [6.45, 7) is 4.31. The summed E-state index contributed by atoms with van der Waals surface area (Å²) < 4.78 is 0. The standard InChI is InChI=1S/C13H24N2O3/c1-2-3-8-14-13(18)15-9-4-5-11(10-15)6-7-12(16)17/h11H,2-10H2,1H3,(H,14,18)(H,16,17). The van der Waals surface area contributed by atoms with E-state index in [1.54, 1.807) is 0 Å². The molecule has 1 atom stereocenters. The van der Waals surface area contributed by atoms with E-state index in [1.165, 1.54) is 0 Å². The van der Waals surface area contributed by atoms with Gasteiger partial charge in [-0.15, -0.1) is 0 Å². The van der Waals surface area contributed by atoms with Gasteiger partial charge in [-0.3, -0.25) is 4.79 Å². The van der Waals surface area contributed by atoms with Gasteiger partial charge in [-0.2, -0.15) is 0 Å². The Hall–Kier alpha value is -1.26. The third-order valence-electron chi connectivity index (χ3n) is 3.38. The van der Waals surface area contributed by atoms with E-state index in [2.05, 4.69) is 12.2 Å². The number of aliphatic carboxylic acids is 1. The van der Waals surface area contributed by atoms with E-state index in [1.807, 2.05) is 4.90 Å². The largest absolute Gasteiger partial charge is 0.481 e. The number of hydrogen-bond acceptors (Lipinski definition) is 2. The van der Waals surface area contributed by atoms with Gasteiger partial charge in [0.15, 0.2) is 0 Å². The number of unbranched alkanes of at least 4 members (excludes halogenated alkanes) is 1. The van der Waals surface area contributed by atoms with Gasteiger partial charge < -0.3 is 15.3 Å². The van der Waals surface area contributed by atoms with Crippen LogP contribution in [0, 0.1) is 5.92 Å². The van der Waals surface area contributed by atoms with Crippen LogP contribution in [-0.4, -0.2) is 41.6 Å². The van der Waals surface area contributed by atoms with Crippen LogP contribution >= 0.6 is 0 Å². The number of nitrogens with one attached hydrogen (secondary N) is 1. The van der Waals surface area contributed by atoms with E-state index in [9.17, 15) is 9.59 Å². The van der Waals surface area contributed by atoms with Crippen LogP contribution in [0.2, 0.25) is 0 Å². The first-order valence-corrected chi connectivity index (χ1v) is 6.88. The lowest BCUT2D eigenvalue weighted by Gasteiger charge is -2.32. The molecule has 0 spiro atoms. The second-order valence-electron chi connectivity index (χ2n) is 4.97. The molecule has 5 heteroatoms. The minimum absolute atomic E-state index is 0.00322. The minimum atomic E-state index is -0.750. The van der Waals surface area contributed by atoms with Crippen molar-refractivity contribution < 1.29 is 14.7 Å². The van der Waals surface area contributed by atoms with Crippen molar-refractivity contribution in [2.24, 2.45) is 5.92 Å². The van der Waals surface area contributed by atoms with E-state index < -0.39 is 5.97 Å². The summed E-state index contributed by atoms with van der Waals surface area (Å²) in [6, 6.07) is 0.00322. The number of amides is 2. The summed E-state index contributed by atoms with van der Waals surface area (Å²) in [6.07, 6.45) is 4.96. The van der Waals surface area contributed by atoms with Gasteiger partial charge in [-0.05, 0) is 31.6 Å². The highest BCUT2D eigenvalue weighted by Crippen LogP contribution is 2.20. The molecule has 1 heterocycles. The highest BCUT2D eigenvalue weighted by molar-refractivity contribution is 5.74.